The van der Waals surface area contributed by atoms with Gasteiger partial charge in [0.25, 0.3) is 0 Å². The Balaban J connectivity index is 1.36. The summed E-state index contributed by atoms with van der Waals surface area (Å²) in [6.45, 7) is 7.33. The molecule has 1 aliphatic carbocycles. The molecule has 8 nitrogen and oxygen atoms in total. The molecule has 10 heteroatoms. The average molecular weight is 510 g/mol. The van der Waals surface area contributed by atoms with E-state index in [-0.39, 0.29) is 47.4 Å². The third kappa shape index (κ3) is 3.48. The second kappa shape index (κ2) is 7.81. The van der Waals surface area contributed by atoms with Crippen LogP contribution < -0.4 is 10.6 Å². The van der Waals surface area contributed by atoms with Gasteiger partial charge in [-0.05, 0) is 30.5 Å². The number of hydrogen-bond acceptors (Lipinski definition) is 7. The molecule has 2 N–H and O–H groups in total. The van der Waals surface area contributed by atoms with Crippen molar-refractivity contribution in [1.82, 2.24) is 20.2 Å². The number of fused-ring (bicyclic) bond motifs is 2. The number of halogens is 1. The van der Waals surface area contributed by atoms with Crippen LogP contribution in [0.5, 0.6) is 0 Å². The number of nitrogens with one attached hydrogen (secondary N) is 2. The maximum atomic E-state index is 12.8. The quantitative estimate of drug-likeness (QED) is 0.402. The highest BCUT2D eigenvalue weighted by atomic mass is 35.5. The predicted octanol–water partition coefficient (Wildman–Crippen LogP) is 3.62. The third-order valence-electron chi connectivity index (χ3n) is 7.53. The van der Waals surface area contributed by atoms with Gasteiger partial charge in [-0.1, -0.05) is 25.4 Å². The molecule has 1 saturated carbocycles. The van der Waals surface area contributed by atoms with Crippen LogP contribution in [0.3, 0.4) is 0 Å². The van der Waals surface area contributed by atoms with E-state index < -0.39 is 0 Å². The molecule has 180 valence electrons. The van der Waals surface area contributed by atoms with Crippen LogP contribution in [-0.2, 0) is 20.9 Å². The maximum Gasteiger partial charge on any atom is 0.234 e. The zero-order chi connectivity index (χ0) is 24.6. The number of rotatable bonds is 5. The molecule has 3 amide bonds. The number of carbonyl (C=O) groups excluding carboxylic acids is 3. The number of hydrogen-bond donors (Lipinski definition) is 2. The van der Waals surface area contributed by atoms with Crippen molar-refractivity contribution in [2.45, 2.75) is 27.3 Å². The third-order valence-corrected chi connectivity index (χ3v) is 8.86. The van der Waals surface area contributed by atoms with Crippen molar-refractivity contribution < 1.29 is 14.4 Å². The molecule has 0 radical (unpaired) electrons. The predicted molar refractivity (Wildman–Crippen MR) is 134 cm³/mol. The van der Waals surface area contributed by atoms with Crippen LogP contribution in [0.25, 0.3) is 21.3 Å². The van der Waals surface area contributed by atoms with Crippen molar-refractivity contribution in [2.75, 3.05) is 18.4 Å². The molecule has 2 atom stereocenters. The first-order valence-corrected chi connectivity index (χ1v) is 12.8. The fraction of sp³-hybridized carbons (Fsp3) is 0.400. The van der Waals surface area contributed by atoms with E-state index in [1.807, 2.05) is 32.9 Å². The molecule has 6 rings (SSSR count). The summed E-state index contributed by atoms with van der Waals surface area (Å²) in [5.41, 5.74) is 3.42. The molecule has 3 aromatic heterocycles. The lowest BCUT2D eigenvalue weighted by Gasteiger charge is -2.26. The topological polar surface area (TPSA) is 104 Å². The Morgan fingerprint density at radius 1 is 1.23 bits per heavy atom. The highest BCUT2D eigenvalue weighted by Crippen LogP contribution is 2.63. The maximum absolute atomic E-state index is 12.8. The van der Waals surface area contributed by atoms with Crippen LogP contribution in [0.4, 0.5) is 5.69 Å². The summed E-state index contributed by atoms with van der Waals surface area (Å²) < 4.78 is 0.898. The minimum absolute atomic E-state index is 0.0538. The van der Waals surface area contributed by atoms with Gasteiger partial charge >= 0.3 is 0 Å². The van der Waals surface area contributed by atoms with Crippen LogP contribution in [-0.4, -0.2) is 45.7 Å². The van der Waals surface area contributed by atoms with E-state index in [1.165, 1.54) is 16.2 Å². The number of piperidine rings is 1. The molecule has 0 spiro atoms. The second-order valence-corrected chi connectivity index (χ2v) is 11.6. The lowest BCUT2D eigenvalue weighted by Crippen LogP contribution is -2.48. The number of imide groups is 1. The second-order valence-electron chi connectivity index (χ2n) is 10.1. The Hall–Kier alpha value is -2.88. The lowest BCUT2D eigenvalue weighted by molar-refractivity contribution is -0.143. The zero-order valence-corrected chi connectivity index (χ0v) is 21.1. The molecule has 0 bridgehead atoms. The van der Waals surface area contributed by atoms with E-state index in [4.69, 9.17) is 11.6 Å². The lowest BCUT2D eigenvalue weighted by atomic mass is 10.0. The minimum atomic E-state index is -0.228. The Bertz CT molecular complexity index is 1410. The molecular weight excluding hydrogens is 486 g/mol. The normalized spacial score (nSPS) is 22.9. The number of aryl methyl sites for hydroxylation is 1. The Kier molecular flexibility index (Phi) is 5.04. The molecule has 3 aromatic rings. The molecule has 35 heavy (non-hydrogen) atoms. The smallest absolute Gasteiger partial charge is 0.234 e. The number of nitrogens with zero attached hydrogens (tertiary/aromatic N) is 3. The molecule has 3 aliphatic rings. The molecule has 2 unspecified atom stereocenters. The number of aromatic nitrogens is 2. The van der Waals surface area contributed by atoms with Crippen molar-refractivity contribution in [3.8, 4) is 11.1 Å². The zero-order valence-electron chi connectivity index (χ0n) is 19.5. The van der Waals surface area contributed by atoms with E-state index >= 15 is 0 Å². The number of thiophene rings is 1. The van der Waals surface area contributed by atoms with Gasteiger partial charge in [0.15, 0.2) is 0 Å². The SMILES string of the molecule is Cc1nc(Cl)cc(-c2ccnc3cc(CN4C(=O)C5C(C4=O)C5(C)C)sc23)c1NC(=O)C1CNC1. The highest BCUT2D eigenvalue weighted by molar-refractivity contribution is 7.19. The van der Waals surface area contributed by atoms with Crippen LogP contribution in [0, 0.1) is 30.1 Å². The van der Waals surface area contributed by atoms with Crippen LogP contribution in [0.15, 0.2) is 24.4 Å². The highest BCUT2D eigenvalue weighted by Gasteiger charge is 2.72. The first-order chi connectivity index (χ1) is 16.7. The van der Waals surface area contributed by atoms with E-state index in [0.717, 1.165) is 26.2 Å². The summed E-state index contributed by atoms with van der Waals surface area (Å²) in [4.78, 5) is 49.5. The van der Waals surface area contributed by atoms with Crippen molar-refractivity contribution in [3.05, 3.63) is 40.1 Å². The standard InChI is InChI=1S/C25H24ClN5O3S/c1-11-20(30-22(32)12-8-27-9-12)15(7-17(26)29-11)14-4-5-28-16-6-13(35-21(14)16)10-31-23(33)18-19(24(31)34)25(18,2)3/h4-7,12,18-19,27H,8-10H2,1-3H3,(H,30,32). The van der Waals surface area contributed by atoms with Gasteiger partial charge < -0.3 is 10.6 Å². The largest absolute Gasteiger partial charge is 0.324 e. The van der Waals surface area contributed by atoms with E-state index in [1.54, 1.807) is 12.3 Å². The van der Waals surface area contributed by atoms with E-state index in [9.17, 15) is 14.4 Å². The van der Waals surface area contributed by atoms with E-state index in [0.29, 0.717) is 29.6 Å². The van der Waals surface area contributed by atoms with Gasteiger partial charge in [-0.15, -0.1) is 11.3 Å². The minimum Gasteiger partial charge on any atom is -0.324 e. The number of amides is 3. The van der Waals surface area contributed by atoms with Gasteiger partial charge in [-0.3, -0.25) is 24.3 Å². The fourth-order valence-corrected chi connectivity index (χ4v) is 6.66. The van der Waals surface area contributed by atoms with Gasteiger partial charge in [-0.25, -0.2) is 4.98 Å². The van der Waals surface area contributed by atoms with Gasteiger partial charge in [0.2, 0.25) is 17.7 Å². The van der Waals surface area contributed by atoms with Crippen molar-refractivity contribution in [3.63, 3.8) is 0 Å². The summed E-state index contributed by atoms with van der Waals surface area (Å²) in [5, 5.41) is 6.50. The summed E-state index contributed by atoms with van der Waals surface area (Å²) in [5.74, 6) is -0.684. The van der Waals surface area contributed by atoms with Crippen molar-refractivity contribution in [2.24, 2.45) is 23.2 Å². The first-order valence-electron chi connectivity index (χ1n) is 11.6. The molecule has 2 aliphatic heterocycles. The number of likely N-dealkylation sites (tertiary alicyclic amines) is 1. The summed E-state index contributed by atoms with van der Waals surface area (Å²) in [7, 11) is 0. The number of pyridine rings is 2. The van der Waals surface area contributed by atoms with Crippen LogP contribution >= 0.6 is 22.9 Å². The van der Waals surface area contributed by atoms with Gasteiger partial charge in [0.1, 0.15) is 5.15 Å². The molecule has 0 aromatic carbocycles. The monoisotopic (exact) mass is 509 g/mol. The first kappa shape index (κ1) is 22.6. The van der Waals surface area contributed by atoms with Gasteiger partial charge in [0, 0.05) is 35.3 Å². The van der Waals surface area contributed by atoms with Crippen LogP contribution in [0.2, 0.25) is 5.15 Å². The van der Waals surface area contributed by atoms with Crippen molar-refractivity contribution in [1.29, 1.82) is 0 Å². The van der Waals surface area contributed by atoms with Crippen LogP contribution in [0.1, 0.15) is 24.4 Å². The molecular formula is C25H24ClN5O3S. The molecule has 2 saturated heterocycles. The Morgan fingerprint density at radius 3 is 2.60 bits per heavy atom. The van der Waals surface area contributed by atoms with Gasteiger partial charge in [-0.2, -0.15) is 0 Å². The fourth-order valence-electron chi connectivity index (χ4n) is 5.30. The summed E-state index contributed by atoms with van der Waals surface area (Å²) >= 11 is 7.82. The molecule has 3 fully saturated rings. The van der Waals surface area contributed by atoms with Gasteiger partial charge in [0.05, 0.1) is 45.9 Å². The Labute approximate surface area is 211 Å². The van der Waals surface area contributed by atoms with Crippen molar-refractivity contribution >= 4 is 56.6 Å². The molecule has 5 heterocycles. The number of anilines is 1. The average Bonchev–Trinajstić information content (AvgIpc) is 3.01. The summed E-state index contributed by atoms with van der Waals surface area (Å²) in [6, 6.07) is 5.56. The van der Waals surface area contributed by atoms with E-state index in [2.05, 4.69) is 20.6 Å². The Morgan fingerprint density at radius 2 is 1.94 bits per heavy atom. The summed E-state index contributed by atoms with van der Waals surface area (Å²) in [6.07, 6.45) is 1.71. The number of carbonyl (C=O) groups is 3.